The summed E-state index contributed by atoms with van der Waals surface area (Å²) in [5.41, 5.74) is 0. The molecule has 1 heterocycles. The summed E-state index contributed by atoms with van der Waals surface area (Å²) in [4.78, 5) is 13.3. The highest BCUT2D eigenvalue weighted by molar-refractivity contribution is 6.30. The maximum atomic E-state index is 11.6. The Morgan fingerprint density at radius 1 is 1.41 bits per heavy atom. The summed E-state index contributed by atoms with van der Waals surface area (Å²) in [6.07, 6.45) is 0. The third-order valence-corrected chi connectivity index (χ3v) is 3.00. The van der Waals surface area contributed by atoms with E-state index in [0.29, 0.717) is 23.9 Å². The third kappa shape index (κ3) is 3.11. The van der Waals surface area contributed by atoms with Crippen LogP contribution in [0.1, 0.15) is 0 Å². The first kappa shape index (κ1) is 12.2. The molecule has 0 radical (unpaired) electrons. The average molecular weight is 256 g/mol. The van der Waals surface area contributed by atoms with Crippen LogP contribution in [0.4, 0.5) is 0 Å². The summed E-state index contributed by atoms with van der Waals surface area (Å²) in [6, 6.07) is 6.88. The van der Waals surface area contributed by atoms with E-state index in [2.05, 4.69) is 0 Å². The van der Waals surface area contributed by atoms with Gasteiger partial charge >= 0.3 is 0 Å². The van der Waals surface area contributed by atoms with Crippen molar-refractivity contribution in [2.24, 2.45) is 5.92 Å². The van der Waals surface area contributed by atoms with E-state index in [-0.39, 0.29) is 25.0 Å². The molecule has 0 spiro atoms. The fraction of sp³-hybridized carbons (Fsp3) is 0.417. The lowest BCUT2D eigenvalue weighted by Crippen LogP contribution is -2.52. The van der Waals surface area contributed by atoms with Crippen molar-refractivity contribution in [3.63, 3.8) is 0 Å². The first-order chi connectivity index (χ1) is 8.19. The Morgan fingerprint density at radius 2 is 2.06 bits per heavy atom. The molecule has 5 heteroatoms. The second-order valence-electron chi connectivity index (χ2n) is 4.09. The number of carbonyl (C=O) groups is 1. The minimum absolute atomic E-state index is 0.0276. The van der Waals surface area contributed by atoms with E-state index in [1.54, 1.807) is 29.2 Å². The molecule has 1 fully saturated rings. The molecule has 1 aromatic rings. The van der Waals surface area contributed by atoms with Gasteiger partial charge in [0.15, 0.2) is 6.61 Å². The van der Waals surface area contributed by atoms with E-state index in [1.807, 2.05) is 0 Å². The first-order valence-electron chi connectivity index (χ1n) is 5.46. The van der Waals surface area contributed by atoms with Gasteiger partial charge in [-0.2, -0.15) is 0 Å². The molecule has 1 saturated heterocycles. The minimum Gasteiger partial charge on any atom is -0.484 e. The number of hydrogen-bond donors (Lipinski definition) is 1. The van der Waals surface area contributed by atoms with Crippen LogP contribution in [-0.4, -0.2) is 42.2 Å². The highest BCUT2D eigenvalue weighted by Gasteiger charge is 2.29. The molecule has 1 N–H and O–H groups in total. The smallest absolute Gasteiger partial charge is 0.260 e. The number of halogens is 1. The standard InChI is InChI=1S/C12H14ClNO3/c13-10-1-3-11(4-2-10)17-8-12(16)14-5-9(6-14)7-15/h1-4,9,15H,5-8H2. The van der Waals surface area contributed by atoms with Crippen LogP contribution in [0.2, 0.25) is 5.02 Å². The zero-order valence-electron chi connectivity index (χ0n) is 9.30. The quantitative estimate of drug-likeness (QED) is 0.879. The van der Waals surface area contributed by atoms with E-state index in [0.717, 1.165) is 0 Å². The van der Waals surface area contributed by atoms with Gasteiger partial charge in [-0.3, -0.25) is 4.79 Å². The number of nitrogens with zero attached hydrogens (tertiary/aromatic N) is 1. The van der Waals surface area contributed by atoms with Gasteiger partial charge in [-0.15, -0.1) is 0 Å². The summed E-state index contributed by atoms with van der Waals surface area (Å²) < 4.78 is 5.34. The van der Waals surface area contributed by atoms with Gasteiger partial charge in [0.25, 0.3) is 5.91 Å². The number of likely N-dealkylation sites (tertiary alicyclic amines) is 1. The highest BCUT2D eigenvalue weighted by Crippen LogP contribution is 2.17. The molecular weight excluding hydrogens is 242 g/mol. The predicted molar refractivity (Wildman–Crippen MR) is 64.1 cm³/mol. The summed E-state index contributed by atoms with van der Waals surface area (Å²) >= 11 is 5.73. The molecule has 0 unspecified atom stereocenters. The Hall–Kier alpha value is -1.26. The Bertz CT molecular complexity index is 387. The summed E-state index contributed by atoms with van der Waals surface area (Å²) in [6.45, 7) is 1.42. The maximum absolute atomic E-state index is 11.6. The first-order valence-corrected chi connectivity index (χ1v) is 5.84. The van der Waals surface area contributed by atoms with Crippen molar-refractivity contribution in [2.45, 2.75) is 0 Å². The van der Waals surface area contributed by atoms with E-state index < -0.39 is 0 Å². The van der Waals surface area contributed by atoms with Gasteiger partial charge in [0, 0.05) is 30.6 Å². The molecule has 1 aromatic carbocycles. The Balaban J connectivity index is 1.75. The lowest BCUT2D eigenvalue weighted by molar-refractivity contribution is -0.140. The maximum Gasteiger partial charge on any atom is 0.260 e. The molecule has 0 saturated carbocycles. The van der Waals surface area contributed by atoms with Crippen molar-refractivity contribution in [1.29, 1.82) is 0 Å². The van der Waals surface area contributed by atoms with Gasteiger partial charge in [0.05, 0.1) is 0 Å². The van der Waals surface area contributed by atoms with Gasteiger partial charge in [0.1, 0.15) is 5.75 Å². The van der Waals surface area contributed by atoms with Crippen LogP contribution in [0.5, 0.6) is 5.75 Å². The molecule has 1 amide bonds. The Morgan fingerprint density at radius 3 is 2.65 bits per heavy atom. The monoisotopic (exact) mass is 255 g/mol. The van der Waals surface area contributed by atoms with Crippen LogP contribution in [0.3, 0.4) is 0 Å². The SMILES string of the molecule is O=C(COc1ccc(Cl)cc1)N1CC(CO)C1. The van der Waals surface area contributed by atoms with Crippen LogP contribution in [0.15, 0.2) is 24.3 Å². The van der Waals surface area contributed by atoms with Crippen LogP contribution >= 0.6 is 11.6 Å². The topological polar surface area (TPSA) is 49.8 Å². The van der Waals surface area contributed by atoms with Crippen LogP contribution in [0.25, 0.3) is 0 Å². The molecular formula is C12H14ClNO3. The van der Waals surface area contributed by atoms with Crippen molar-refractivity contribution in [3.05, 3.63) is 29.3 Å². The molecule has 17 heavy (non-hydrogen) atoms. The van der Waals surface area contributed by atoms with Crippen LogP contribution < -0.4 is 4.74 Å². The molecule has 0 bridgehead atoms. The molecule has 0 aliphatic carbocycles. The van der Waals surface area contributed by atoms with Crippen LogP contribution in [-0.2, 0) is 4.79 Å². The van der Waals surface area contributed by atoms with Crippen molar-refractivity contribution < 1.29 is 14.6 Å². The van der Waals surface area contributed by atoms with Crippen LogP contribution in [0, 0.1) is 5.92 Å². The number of rotatable bonds is 4. The van der Waals surface area contributed by atoms with E-state index in [4.69, 9.17) is 21.4 Å². The highest BCUT2D eigenvalue weighted by atomic mass is 35.5. The fourth-order valence-corrected chi connectivity index (χ4v) is 1.78. The number of aliphatic hydroxyl groups excluding tert-OH is 1. The lowest BCUT2D eigenvalue weighted by atomic mass is 10.0. The summed E-state index contributed by atoms with van der Waals surface area (Å²) in [5.74, 6) is 0.807. The number of carbonyl (C=O) groups excluding carboxylic acids is 1. The molecule has 4 nitrogen and oxygen atoms in total. The normalized spacial score (nSPS) is 15.5. The molecule has 0 aromatic heterocycles. The van der Waals surface area contributed by atoms with Gasteiger partial charge in [-0.1, -0.05) is 11.6 Å². The molecule has 2 rings (SSSR count). The zero-order chi connectivity index (χ0) is 12.3. The summed E-state index contributed by atoms with van der Waals surface area (Å²) in [7, 11) is 0. The lowest BCUT2D eigenvalue weighted by Gasteiger charge is -2.38. The second kappa shape index (κ2) is 5.38. The fourth-order valence-electron chi connectivity index (χ4n) is 1.66. The number of amides is 1. The largest absolute Gasteiger partial charge is 0.484 e. The Labute approximate surface area is 105 Å². The van der Waals surface area contributed by atoms with E-state index in [1.165, 1.54) is 0 Å². The number of aliphatic hydroxyl groups is 1. The molecule has 1 aliphatic heterocycles. The predicted octanol–water partition coefficient (Wildman–Crippen LogP) is 1.17. The van der Waals surface area contributed by atoms with Crippen molar-refractivity contribution >= 4 is 17.5 Å². The minimum atomic E-state index is -0.0513. The zero-order valence-corrected chi connectivity index (χ0v) is 10.1. The number of ether oxygens (including phenoxy) is 1. The summed E-state index contributed by atoms with van der Waals surface area (Å²) in [5, 5.41) is 9.47. The van der Waals surface area contributed by atoms with E-state index in [9.17, 15) is 4.79 Å². The van der Waals surface area contributed by atoms with Crippen molar-refractivity contribution in [1.82, 2.24) is 4.90 Å². The van der Waals surface area contributed by atoms with Crippen molar-refractivity contribution in [2.75, 3.05) is 26.3 Å². The van der Waals surface area contributed by atoms with Gasteiger partial charge in [0.2, 0.25) is 0 Å². The van der Waals surface area contributed by atoms with Gasteiger partial charge < -0.3 is 14.7 Å². The average Bonchev–Trinajstić information content (AvgIpc) is 2.27. The third-order valence-electron chi connectivity index (χ3n) is 2.74. The second-order valence-corrected chi connectivity index (χ2v) is 4.53. The van der Waals surface area contributed by atoms with Gasteiger partial charge in [-0.25, -0.2) is 0 Å². The number of hydrogen-bond acceptors (Lipinski definition) is 3. The Kier molecular flexibility index (Phi) is 3.86. The van der Waals surface area contributed by atoms with Gasteiger partial charge in [-0.05, 0) is 24.3 Å². The molecule has 0 atom stereocenters. The molecule has 92 valence electrons. The molecule has 1 aliphatic rings. The number of benzene rings is 1. The van der Waals surface area contributed by atoms with E-state index >= 15 is 0 Å². The van der Waals surface area contributed by atoms with Crippen molar-refractivity contribution in [3.8, 4) is 5.75 Å².